The minimum Gasteiger partial charge on any atom is -0.456 e. The van der Waals surface area contributed by atoms with E-state index in [-0.39, 0.29) is 0 Å². The van der Waals surface area contributed by atoms with Crippen LogP contribution in [0.25, 0.3) is 127 Å². The lowest BCUT2D eigenvalue weighted by Crippen LogP contribution is -2.01. The van der Waals surface area contributed by atoms with Crippen molar-refractivity contribution in [1.29, 1.82) is 0 Å². The third-order valence-electron chi connectivity index (χ3n) is 12.0. The van der Waals surface area contributed by atoms with Crippen molar-refractivity contribution in [3.63, 3.8) is 0 Å². The Morgan fingerprint density at radius 1 is 0.345 bits per heavy atom. The van der Waals surface area contributed by atoms with Crippen molar-refractivity contribution < 1.29 is 4.42 Å². The zero-order valence-electron chi connectivity index (χ0n) is 31.0. The molecule has 0 amide bonds. The zero-order valence-corrected chi connectivity index (χ0v) is 31.0. The zero-order chi connectivity index (χ0) is 37.9. The van der Waals surface area contributed by atoms with Crippen LogP contribution in [-0.4, -0.2) is 19.5 Å². The number of benzene rings is 10. The van der Waals surface area contributed by atoms with Crippen LogP contribution in [0.15, 0.2) is 186 Å². The van der Waals surface area contributed by atoms with Gasteiger partial charge in [0.2, 0.25) is 0 Å². The van der Waals surface area contributed by atoms with Gasteiger partial charge in [-0.25, -0.2) is 15.0 Å². The van der Waals surface area contributed by atoms with Crippen molar-refractivity contribution in [1.82, 2.24) is 19.5 Å². The van der Waals surface area contributed by atoms with Crippen molar-refractivity contribution >= 4 is 86.8 Å². The van der Waals surface area contributed by atoms with Gasteiger partial charge < -0.3 is 8.98 Å². The molecule has 0 aliphatic rings. The van der Waals surface area contributed by atoms with Crippen LogP contribution in [0.4, 0.5) is 0 Å². The van der Waals surface area contributed by atoms with E-state index in [1.807, 2.05) is 0 Å². The smallest absolute Gasteiger partial charge is 0.164 e. The van der Waals surface area contributed by atoms with E-state index in [4.69, 9.17) is 19.4 Å². The Morgan fingerprint density at radius 3 is 1.47 bits per heavy atom. The summed E-state index contributed by atoms with van der Waals surface area (Å²) in [6.07, 6.45) is 0. The SMILES string of the molecule is c1ccc2c(-c3nc(-c4ccc5ccc(-n6c7ccc8cccc9oc%10cccc%11ccc6c(c%11%10)c7c89)cc5c4)nc(-c4cccc5ccccc45)n3)cccc2c1. The largest absolute Gasteiger partial charge is 0.456 e. The van der Waals surface area contributed by atoms with Crippen LogP contribution in [0, 0.1) is 0 Å². The van der Waals surface area contributed by atoms with Crippen LogP contribution >= 0.6 is 0 Å². The summed E-state index contributed by atoms with van der Waals surface area (Å²) in [4.78, 5) is 15.6. The number of hydrogen-bond acceptors (Lipinski definition) is 4. The summed E-state index contributed by atoms with van der Waals surface area (Å²) in [5.41, 5.74) is 8.03. The predicted octanol–water partition coefficient (Wildman–Crippen LogP) is 13.9. The normalized spacial score (nSPS) is 12.1. The van der Waals surface area contributed by atoms with E-state index in [0.717, 1.165) is 87.7 Å². The maximum Gasteiger partial charge on any atom is 0.164 e. The maximum atomic E-state index is 6.66. The number of aromatic nitrogens is 4. The van der Waals surface area contributed by atoms with Crippen LogP contribution in [0.3, 0.4) is 0 Å². The second kappa shape index (κ2) is 11.8. The van der Waals surface area contributed by atoms with Crippen molar-refractivity contribution in [2.24, 2.45) is 0 Å². The van der Waals surface area contributed by atoms with Crippen LogP contribution in [0.2, 0.25) is 0 Å². The molecule has 0 fully saturated rings. The fraction of sp³-hybridized carbons (Fsp3) is 0. The highest BCUT2D eigenvalue weighted by Crippen LogP contribution is 2.45. The fourth-order valence-corrected chi connectivity index (χ4v) is 9.34. The highest BCUT2D eigenvalue weighted by molar-refractivity contribution is 6.33. The van der Waals surface area contributed by atoms with Crippen LogP contribution < -0.4 is 0 Å². The summed E-state index contributed by atoms with van der Waals surface area (Å²) in [5, 5.41) is 13.8. The second-order valence-electron chi connectivity index (χ2n) is 15.2. The molecule has 3 heterocycles. The van der Waals surface area contributed by atoms with Crippen LogP contribution in [0.5, 0.6) is 0 Å². The molecule has 3 aromatic heterocycles. The molecule has 268 valence electrons. The Morgan fingerprint density at radius 2 is 0.845 bits per heavy atom. The number of nitrogens with zero attached hydrogens (tertiary/aromatic N) is 4. The molecule has 0 aliphatic heterocycles. The highest BCUT2D eigenvalue weighted by atomic mass is 16.3. The van der Waals surface area contributed by atoms with Crippen molar-refractivity contribution in [2.75, 3.05) is 0 Å². The molecule has 0 atom stereocenters. The van der Waals surface area contributed by atoms with E-state index in [2.05, 4.69) is 187 Å². The lowest BCUT2D eigenvalue weighted by Gasteiger charge is -2.13. The van der Waals surface area contributed by atoms with Crippen molar-refractivity contribution in [2.45, 2.75) is 0 Å². The summed E-state index contributed by atoms with van der Waals surface area (Å²) in [7, 11) is 0. The molecule has 0 saturated heterocycles. The first-order chi connectivity index (χ1) is 28.7. The average Bonchev–Trinajstić information content (AvgIpc) is 3.54. The minimum atomic E-state index is 0.630. The molecule has 0 N–H and O–H groups in total. The van der Waals surface area contributed by atoms with Gasteiger partial charge >= 0.3 is 0 Å². The Hall–Kier alpha value is -7.89. The molecule has 58 heavy (non-hydrogen) atoms. The quantitative estimate of drug-likeness (QED) is 0.180. The summed E-state index contributed by atoms with van der Waals surface area (Å²) in [5.74, 6) is 1.92. The second-order valence-corrected chi connectivity index (χ2v) is 15.2. The molecule has 5 heteroatoms. The van der Waals surface area contributed by atoms with Gasteiger partial charge in [-0.1, -0.05) is 140 Å². The van der Waals surface area contributed by atoms with E-state index < -0.39 is 0 Å². The van der Waals surface area contributed by atoms with E-state index >= 15 is 0 Å². The van der Waals surface area contributed by atoms with E-state index in [1.165, 1.54) is 21.5 Å². The fourth-order valence-electron chi connectivity index (χ4n) is 9.34. The van der Waals surface area contributed by atoms with E-state index in [1.54, 1.807) is 0 Å². The standard InChI is InChI=1S/C53H30N4O/c1-3-15-39-32(9-1)11-5-17-41(39)52-54-51(55-53(56-52)42-18-6-12-33-10-2-4-16-40(33)42)36-22-21-31-23-26-38(30-37(31)29-36)57-43-27-24-34-13-7-19-45-47(34)49(43)50-44(57)28-25-35-14-8-20-46(58-45)48(35)50/h1-30H. The van der Waals surface area contributed by atoms with Gasteiger partial charge in [-0.15, -0.1) is 0 Å². The topological polar surface area (TPSA) is 56.7 Å². The van der Waals surface area contributed by atoms with Gasteiger partial charge in [0.05, 0.1) is 11.0 Å². The van der Waals surface area contributed by atoms with E-state index in [9.17, 15) is 0 Å². The van der Waals surface area contributed by atoms with Crippen molar-refractivity contribution in [3.8, 4) is 39.9 Å². The van der Waals surface area contributed by atoms with Gasteiger partial charge in [-0.3, -0.25) is 0 Å². The Balaban J connectivity index is 1.04. The number of fused-ring (bicyclic) bond motifs is 3. The third kappa shape index (κ3) is 4.50. The molecule has 10 aromatic carbocycles. The minimum absolute atomic E-state index is 0.630. The lowest BCUT2D eigenvalue weighted by atomic mass is 10.00. The summed E-state index contributed by atoms with van der Waals surface area (Å²) in [6.45, 7) is 0. The molecular formula is C53H30N4O. The lowest BCUT2D eigenvalue weighted by molar-refractivity contribution is 0.664. The van der Waals surface area contributed by atoms with Crippen molar-refractivity contribution in [3.05, 3.63) is 182 Å². The molecule has 13 aromatic rings. The predicted molar refractivity (Wildman–Crippen MR) is 239 cm³/mol. The Bertz CT molecular complexity index is 3610. The maximum absolute atomic E-state index is 6.66. The van der Waals surface area contributed by atoms with Crippen LogP contribution in [-0.2, 0) is 0 Å². The molecule has 0 radical (unpaired) electrons. The van der Waals surface area contributed by atoms with Gasteiger partial charge in [-0.05, 0) is 85.6 Å². The van der Waals surface area contributed by atoms with Gasteiger partial charge in [0.25, 0.3) is 0 Å². The molecular weight excluding hydrogens is 709 g/mol. The molecule has 0 aliphatic carbocycles. The molecule has 13 rings (SSSR count). The molecule has 0 unspecified atom stereocenters. The van der Waals surface area contributed by atoms with Gasteiger partial charge in [0, 0.05) is 43.9 Å². The Labute approximate surface area is 331 Å². The molecule has 0 spiro atoms. The number of hydrogen-bond donors (Lipinski definition) is 0. The molecule has 5 nitrogen and oxygen atoms in total. The monoisotopic (exact) mass is 738 g/mol. The third-order valence-corrected chi connectivity index (χ3v) is 12.0. The summed E-state index contributed by atoms with van der Waals surface area (Å²) >= 11 is 0. The Kier molecular flexibility index (Phi) is 6.38. The first-order valence-electron chi connectivity index (χ1n) is 19.6. The first kappa shape index (κ1) is 31.3. The number of rotatable bonds is 4. The van der Waals surface area contributed by atoms with Crippen LogP contribution in [0.1, 0.15) is 0 Å². The summed E-state index contributed by atoms with van der Waals surface area (Å²) in [6, 6.07) is 64.4. The molecule has 0 bridgehead atoms. The van der Waals surface area contributed by atoms with Gasteiger partial charge in [0.1, 0.15) is 11.2 Å². The average molecular weight is 739 g/mol. The first-order valence-corrected chi connectivity index (χ1v) is 19.6. The van der Waals surface area contributed by atoms with Gasteiger partial charge in [-0.2, -0.15) is 0 Å². The summed E-state index contributed by atoms with van der Waals surface area (Å²) < 4.78 is 9.07. The van der Waals surface area contributed by atoms with E-state index in [0.29, 0.717) is 17.5 Å². The molecule has 0 saturated carbocycles. The highest BCUT2D eigenvalue weighted by Gasteiger charge is 2.22. The van der Waals surface area contributed by atoms with Gasteiger partial charge in [0.15, 0.2) is 17.5 Å².